The molecule has 6 nitrogen and oxygen atoms in total. The van der Waals surface area contributed by atoms with Crippen molar-refractivity contribution in [3.63, 3.8) is 0 Å². The maximum absolute atomic E-state index is 12.5. The number of halogens is 4. The average Bonchev–Trinajstić information content (AvgIpc) is 3.18. The first-order valence-corrected chi connectivity index (χ1v) is 8.35. The van der Waals surface area contributed by atoms with E-state index in [0.717, 1.165) is 4.90 Å². The van der Waals surface area contributed by atoms with Crippen LogP contribution in [-0.2, 0) is 11.3 Å². The lowest BCUT2D eigenvalue weighted by atomic mass is 10.1. The molecular weight excluding hydrogens is 414 g/mol. The summed E-state index contributed by atoms with van der Waals surface area (Å²) in [6.45, 7) is -0.386. The molecule has 3 amide bonds. The van der Waals surface area contributed by atoms with Crippen molar-refractivity contribution in [1.29, 1.82) is 0 Å². The van der Waals surface area contributed by atoms with Crippen LogP contribution in [0.25, 0.3) is 0 Å². The molecule has 1 aromatic carbocycles. The van der Waals surface area contributed by atoms with Crippen molar-refractivity contribution in [2.75, 3.05) is 6.54 Å². The van der Waals surface area contributed by atoms with Crippen LogP contribution in [-0.4, -0.2) is 29.2 Å². The highest BCUT2D eigenvalue weighted by atomic mass is 35.5. The van der Waals surface area contributed by atoms with Crippen LogP contribution < -0.4 is 5.32 Å². The van der Waals surface area contributed by atoms with E-state index in [1.165, 1.54) is 6.26 Å². The number of rotatable bonds is 4. The van der Waals surface area contributed by atoms with Crippen LogP contribution in [0.4, 0.5) is 0 Å². The highest BCUT2D eigenvalue weighted by Gasteiger charge is 2.42. The Kier molecular flexibility index (Phi) is 4.97. The molecule has 0 unspecified atom stereocenters. The third-order valence-corrected chi connectivity index (χ3v) is 5.33. The second-order valence-corrected chi connectivity index (χ2v) is 6.57. The monoisotopic (exact) mass is 420 g/mol. The zero-order valence-corrected chi connectivity index (χ0v) is 15.3. The third-order valence-electron chi connectivity index (χ3n) is 3.53. The second-order valence-electron chi connectivity index (χ2n) is 5.06. The molecule has 0 aliphatic carbocycles. The van der Waals surface area contributed by atoms with Crippen molar-refractivity contribution in [2.24, 2.45) is 0 Å². The molecule has 0 fully saturated rings. The number of furan rings is 1. The van der Waals surface area contributed by atoms with Crippen molar-refractivity contribution < 1.29 is 18.8 Å². The summed E-state index contributed by atoms with van der Waals surface area (Å²) in [5.74, 6) is -1.56. The predicted octanol–water partition coefficient (Wildman–Crippen LogP) is 3.81. The summed E-state index contributed by atoms with van der Waals surface area (Å²) >= 11 is 23.9. The van der Waals surface area contributed by atoms with Gasteiger partial charge in [-0.3, -0.25) is 19.3 Å². The van der Waals surface area contributed by atoms with E-state index in [0.29, 0.717) is 5.76 Å². The van der Waals surface area contributed by atoms with Gasteiger partial charge in [0.25, 0.3) is 11.8 Å². The van der Waals surface area contributed by atoms with E-state index in [4.69, 9.17) is 50.8 Å². The number of hydrogen-bond donors (Lipinski definition) is 1. The molecule has 0 radical (unpaired) electrons. The van der Waals surface area contributed by atoms with Gasteiger partial charge < -0.3 is 9.73 Å². The lowest BCUT2D eigenvalue weighted by Gasteiger charge is -2.13. The van der Waals surface area contributed by atoms with E-state index in [2.05, 4.69) is 5.32 Å². The number of hydrogen-bond acceptors (Lipinski definition) is 4. The Morgan fingerprint density at radius 2 is 1.56 bits per heavy atom. The number of imide groups is 1. The van der Waals surface area contributed by atoms with Gasteiger partial charge >= 0.3 is 0 Å². The number of carbonyl (C=O) groups is 3. The van der Waals surface area contributed by atoms with Gasteiger partial charge in [0.1, 0.15) is 12.3 Å². The largest absolute Gasteiger partial charge is 0.467 e. The Balaban J connectivity index is 1.82. The summed E-state index contributed by atoms with van der Waals surface area (Å²) in [7, 11) is 0. The molecule has 2 heterocycles. The molecule has 3 rings (SSSR count). The average molecular weight is 422 g/mol. The molecule has 1 N–H and O–H groups in total. The summed E-state index contributed by atoms with van der Waals surface area (Å²) in [4.78, 5) is 37.7. The third kappa shape index (κ3) is 3.11. The first kappa shape index (κ1) is 18.1. The van der Waals surface area contributed by atoms with E-state index in [1.54, 1.807) is 12.1 Å². The second kappa shape index (κ2) is 6.88. The first-order valence-electron chi connectivity index (χ1n) is 6.84. The van der Waals surface area contributed by atoms with Gasteiger partial charge in [0.05, 0.1) is 44.0 Å². The minimum atomic E-state index is -0.765. The SMILES string of the molecule is O=C(CN1C(=O)c2c(Cl)c(Cl)c(Cl)c(Cl)c2C1=O)NCc1ccco1. The fourth-order valence-electron chi connectivity index (χ4n) is 2.34. The fourth-order valence-corrected chi connectivity index (χ4v) is 3.35. The van der Waals surface area contributed by atoms with Crippen molar-refractivity contribution in [3.8, 4) is 0 Å². The summed E-state index contributed by atoms with van der Waals surface area (Å²) < 4.78 is 5.08. The minimum Gasteiger partial charge on any atom is -0.467 e. The van der Waals surface area contributed by atoms with Crippen molar-refractivity contribution in [3.05, 3.63) is 55.4 Å². The van der Waals surface area contributed by atoms with Crippen LogP contribution in [0.15, 0.2) is 22.8 Å². The van der Waals surface area contributed by atoms with Crippen LogP contribution in [0.1, 0.15) is 26.5 Å². The highest BCUT2D eigenvalue weighted by Crippen LogP contribution is 2.44. The quantitative estimate of drug-likeness (QED) is 0.462. The highest BCUT2D eigenvalue weighted by molar-refractivity contribution is 6.55. The van der Waals surface area contributed by atoms with Gasteiger partial charge in [-0.15, -0.1) is 0 Å². The molecule has 2 aromatic rings. The smallest absolute Gasteiger partial charge is 0.263 e. The molecule has 0 saturated heterocycles. The van der Waals surface area contributed by atoms with Gasteiger partial charge in [-0.1, -0.05) is 46.4 Å². The lowest BCUT2D eigenvalue weighted by Crippen LogP contribution is -2.40. The van der Waals surface area contributed by atoms with Crippen LogP contribution >= 0.6 is 46.4 Å². The van der Waals surface area contributed by atoms with Gasteiger partial charge in [-0.05, 0) is 12.1 Å². The van der Waals surface area contributed by atoms with E-state index in [-0.39, 0.29) is 37.8 Å². The van der Waals surface area contributed by atoms with E-state index >= 15 is 0 Å². The summed E-state index contributed by atoms with van der Waals surface area (Å²) in [5, 5.41) is 1.92. The van der Waals surface area contributed by atoms with Crippen LogP contribution in [0.3, 0.4) is 0 Å². The minimum absolute atomic E-state index is 0.119. The topological polar surface area (TPSA) is 79.6 Å². The molecule has 25 heavy (non-hydrogen) atoms. The fraction of sp³-hybridized carbons (Fsp3) is 0.133. The maximum atomic E-state index is 12.5. The summed E-state index contributed by atoms with van der Waals surface area (Å²) in [6, 6.07) is 3.34. The van der Waals surface area contributed by atoms with Crippen LogP contribution in [0.2, 0.25) is 20.1 Å². The van der Waals surface area contributed by atoms with Crippen molar-refractivity contribution >= 4 is 64.1 Å². The molecule has 1 aromatic heterocycles. The predicted molar refractivity (Wildman–Crippen MR) is 92.4 cm³/mol. The zero-order valence-electron chi connectivity index (χ0n) is 12.2. The molecule has 0 atom stereocenters. The number of amides is 3. The van der Waals surface area contributed by atoms with Gasteiger partial charge in [0.2, 0.25) is 5.91 Å². The Labute approximate surface area is 161 Å². The zero-order chi connectivity index (χ0) is 18.3. The van der Waals surface area contributed by atoms with Crippen molar-refractivity contribution in [2.45, 2.75) is 6.54 Å². The number of nitrogens with zero attached hydrogens (tertiary/aromatic N) is 1. The van der Waals surface area contributed by atoms with E-state index in [9.17, 15) is 14.4 Å². The van der Waals surface area contributed by atoms with Gasteiger partial charge in [0, 0.05) is 0 Å². The number of fused-ring (bicyclic) bond motifs is 1. The summed E-state index contributed by atoms with van der Waals surface area (Å²) in [6.07, 6.45) is 1.46. The Morgan fingerprint density at radius 1 is 1.00 bits per heavy atom. The Morgan fingerprint density at radius 3 is 2.04 bits per heavy atom. The molecule has 130 valence electrons. The molecule has 0 saturated carbocycles. The molecule has 1 aliphatic heterocycles. The molecule has 1 aliphatic rings. The standard InChI is InChI=1S/C15H8Cl4N2O4/c16-10-8-9(11(17)13(19)12(10)18)15(24)21(14(8)23)5-7(22)20-4-6-2-1-3-25-6/h1-3H,4-5H2,(H,20,22). The van der Waals surface area contributed by atoms with Gasteiger partial charge in [-0.25, -0.2) is 0 Å². The number of nitrogens with one attached hydrogen (secondary N) is 1. The molecule has 10 heteroatoms. The van der Waals surface area contributed by atoms with Gasteiger partial charge in [-0.2, -0.15) is 0 Å². The molecular formula is C15H8Cl4N2O4. The Bertz CT molecular complexity index is 849. The molecule has 0 bridgehead atoms. The van der Waals surface area contributed by atoms with Gasteiger partial charge in [0.15, 0.2) is 0 Å². The summed E-state index contributed by atoms with van der Waals surface area (Å²) in [5.41, 5.74) is -0.324. The number of benzene rings is 1. The molecule has 0 spiro atoms. The normalized spacial score (nSPS) is 13.4. The maximum Gasteiger partial charge on any atom is 0.263 e. The van der Waals surface area contributed by atoms with E-state index < -0.39 is 24.3 Å². The Hall–Kier alpha value is -1.73. The van der Waals surface area contributed by atoms with Crippen LogP contribution in [0, 0.1) is 0 Å². The van der Waals surface area contributed by atoms with Crippen LogP contribution in [0.5, 0.6) is 0 Å². The lowest BCUT2D eigenvalue weighted by molar-refractivity contribution is -0.121. The first-order chi connectivity index (χ1) is 11.8. The van der Waals surface area contributed by atoms with Crippen molar-refractivity contribution in [1.82, 2.24) is 10.2 Å². The number of carbonyl (C=O) groups excluding carboxylic acids is 3. The van der Waals surface area contributed by atoms with E-state index in [1.807, 2.05) is 0 Å².